The lowest BCUT2D eigenvalue weighted by Crippen LogP contribution is -3.05. The molecule has 1 aromatic rings. The molecule has 0 bridgehead atoms. The Morgan fingerprint density at radius 3 is 2.47 bits per heavy atom. The number of aryl methyl sites for hydroxylation is 1. The SMILES string of the molecule is Cc1ccc(CN(C)C(=S)NCCC[NH+](C)C)cc1. The summed E-state index contributed by atoms with van der Waals surface area (Å²) in [5, 5.41) is 4.14. The Bertz CT molecular complexity index is 387. The van der Waals surface area contributed by atoms with E-state index in [0.717, 1.165) is 31.2 Å². The van der Waals surface area contributed by atoms with E-state index in [-0.39, 0.29) is 0 Å². The van der Waals surface area contributed by atoms with Crippen molar-refractivity contribution in [3.05, 3.63) is 35.4 Å². The number of benzene rings is 1. The van der Waals surface area contributed by atoms with Crippen LogP contribution in [0.2, 0.25) is 0 Å². The highest BCUT2D eigenvalue weighted by Gasteiger charge is 2.04. The molecule has 4 heteroatoms. The van der Waals surface area contributed by atoms with Crippen molar-refractivity contribution in [2.24, 2.45) is 0 Å². The van der Waals surface area contributed by atoms with Gasteiger partial charge >= 0.3 is 0 Å². The zero-order chi connectivity index (χ0) is 14.3. The van der Waals surface area contributed by atoms with Crippen molar-refractivity contribution in [3.63, 3.8) is 0 Å². The van der Waals surface area contributed by atoms with Crippen molar-refractivity contribution < 1.29 is 4.90 Å². The minimum atomic E-state index is 0.828. The highest BCUT2D eigenvalue weighted by atomic mass is 32.1. The molecule has 0 fully saturated rings. The average molecular weight is 280 g/mol. The summed E-state index contributed by atoms with van der Waals surface area (Å²) in [6.07, 6.45) is 1.14. The van der Waals surface area contributed by atoms with Crippen LogP contribution in [-0.2, 0) is 6.54 Å². The Balaban J connectivity index is 2.30. The van der Waals surface area contributed by atoms with E-state index in [2.05, 4.69) is 55.5 Å². The van der Waals surface area contributed by atoms with Crippen LogP contribution in [0.5, 0.6) is 0 Å². The van der Waals surface area contributed by atoms with Gasteiger partial charge in [0.05, 0.1) is 20.6 Å². The molecule has 19 heavy (non-hydrogen) atoms. The summed E-state index contributed by atoms with van der Waals surface area (Å²) in [6.45, 7) is 5.07. The third-order valence-electron chi connectivity index (χ3n) is 3.02. The molecule has 0 heterocycles. The van der Waals surface area contributed by atoms with Gasteiger partial charge in [0, 0.05) is 26.6 Å². The summed E-state index contributed by atoms with van der Waals surface area (Å²) in [5.74, 6) is 0. The van der Waals surface area contributed by atoms with E-state index in [1.54, 1.807) is 0 Å². The molecule has 0 radical (unpaired) electrons. The van der Waals surface area contributed by atoms with Crippen LogP contribution in [0.3, 0.4) is 0 Å². The van der Waals surface area contributed by atoms with Gasteiger partial charge in [-0.15, -0.1) is 0 Å². The lowest BCUT2D eigenvalue weighted by atomic mass is 10.1. The molecule has 0 atom stereocenters. The second-order valence-electron chi connectivity index (χ2n) is 5.38. The standard InChI is InChI=1S/C15H25N3S/c1-13-6-8-14(9-7-13)12-18(4)15(19)16-10-5-11-17(2)3/h6-9H,5,10-12H2,1-4H3,(H,16,19)/p+1. The molecule has 0 unspecified atom stereocenters. The Hall–Kier alpha value is -1.13. The van der Waals surface area contributed by atoms with Gasteiger partial charge in [0.15, 0.2) is 5.11 Å². The van der Waals surface area contributed by atoms with E-state index in [1.165, 1.54) is 16.0 Å². The second kappa shape index (κ2) is 8.12. The number of hydrogen-bond acceptors (Lipinski definition) is 1. The molecule has 1 aromatic carbocycles. The van der Waals surface area contributed by atoms with Crippen LogP contribution in [0.4, 0.5) is 0 Å². The first-order chi connectivity index (χ1) is 8.99. The van der Waals surface area contributed by atoms with Gasteiger partial charge in [-0.05, 0) is 24.7 Å². The Labute approximate surface area is 122 Å². The summed E-state index contributed by atoms with van der Waals surface area (Å²) >= 11 is 5.39. The van der Waals surface area contributed by atoms with Crippen molar-refractivity contribution in [1.82, 2.24) is 10.2 Å². The molecular weight excluding hydrogens is 254 g/mol. The van der Waals surface area contributed by atoms with E-state index >= 15 is 0 Å². The van der Waals surface area contributed by atoms with Crippen LogP contribution < -0.4 is 10.2 Å². The largest absolute Gasteiger partial charge is 0.362 e. The topological polar surface area (TPSA) is 19.7 Å². The van der Waals surface area contributed by atoms with Crippen molar-refractivity contribution in [3.8, 4) is 0 Å². The van der Waals surface area contributed by atoms with Crippen molar-refractivity contribution in [2.45, 2.75) is 19.9 Å². The first-order valence-corrected chi connectivity index (χ1v) is 7.23. The predicted molar refractivity (Wildman–Crippen MR) is 85.5 cm³/mol. The zero-order valence-electron chi connectivity index (χ0n) is 12.5. The first-order valence-electron chi connectivity index (χ1n) is 6.82. The molecule has 1 rings (SSSR count). The van der Waals surface area contributed by atoms with Crippen molar-refractivity contribution in [1.29, 1.82) is 0 Å². The Kier molecular flexibility index (Phi) is 6.81. The quantitative estimate of drug-likeness (QED) is 0.595. The maximum atomic E-state index is 5.39. The van der Waals surface area contributed by atoms with Gasteiger partial charge in [-0.2, -0.15) is 0 Å². The number of rotatable bonds is 6. The molecule has 106 valence electrons. The van der Waals surface area contributed by atoms with Crippen LogP contribution in [0, 0.1) is 6.92 Å². The Morgan fingerprint density at radius 1 is 1.26 bits per heavy atom. The van der Waals surface area contributed by atoms with Crippen molar-refractivity contribution in [2.75, 3.05) is 34.2 Å². The van der Waals surface area contributed by atoms with Gasteiger partial charge in [-0.1, -0.05) is 29.8 Å². The second-order valence-corrected chi connectivity index (χ2v) is 5.77. The fourth-order valence-corrected chi connectivity index (χ4v) is 1.98. The highest BCUT2D eigenvalue weighted by Crippen LogP contribution is 2.05. The van der Waals surface area contributed by atoms with Crippen LogP contribution in [0.25, 0.3) is 0 Å². The molecule has 2 N–H and O–H groups in total. The van der Waals surface area contributed by atoms with Crippen LogP contribution in [0.1, 0.15) is 17.5 Å². The van der Waals surface area contributed by atoms with Crippen molar-refractivity contribution >= 4 is 17.3 Å². The first kappa shape index (κ1) is 15.9. The normalized spacial score (nSPS) is 10.6. The smallest absolute Gasteiger partial charge is 0.168 e. The molecule has 0 aromatic heterocycles. The molecule has 0 aliphatic carbocycles. The van der Waals surface area contributed by atoms with E-state index in [4.69, 9.17) is 12.2 Å². The summed E-state index contributed by atoms with van der Waals surface area (Å²) in [6, 6.07) is 8.59. The van der Waals surface area contributed by atoms with E-state index in [0.29, 0.717) is 0 Å². The van der Waals surface area contributed by atoms with Gasteiger partial charge < -0.3 is 15.1 Å². The molecule has 0 aliphatic heterocycles. The van der Waals surface area contributed by atoms with Gasteiger partial charge in [0.25, 0.3) is 0 Å². The van der Waals surface area contributed by atoms with E-state index in [9.17, 15) is 0 Å². The summed E-state index contributed by atoms with van der Waals surface area (Å²) in [4.78, 5) is 3.56. The maximum absolute atomic E-state index is 5.39. The lowest BCUT2D eigenvalue weighted by Gasteiger charge is -2.21. The Morgan fingerprint density at radius 2 is 1.89 bits per heavy atom. The number of hydrogen-bond donors (Lipinski definition) is 2. The maximum Gasteiger partial charge on any atom is 0.168 e. The molecule has 0 amide bonds. The number of nitrogens with one attached hydrogen (secondary N) is 2. The van der Waals surface area contributed by atoms with Gasteiger partial charge in [-0.25, -0.2) is 0 Å². The summed E-state index contributed by atoms with van der Waals surface area (Å²) in [7, 11) is 6.37. The molecule has 3 nitrogen and oxygen atoms in total. The fourth-order valence-electron chi connectivity index (χ4n) is 1.81. The third kappa shape index (κ3) is 6.55. The fraction of sp³-hybridized carbons (Fsp3) is 0.533. The molecule has 0 saturated heterocycles. The number of quaternary nitrogens is 1. The molecule has 0 spiro atoms. The molecule has 0 aliphatic rings. The third-order valence-corrected chi connectivity index (χ3v) is 3.47. The summed E-state index contributed by atoms with van der Waals surface area (Å²) in [5.41, 5.74) is 2.58. The predicted octanol–water partition coefficient (Wildman–Crippen LogP) is 0.836. The van der Waals surface area contributed by atoms with E-state index in [1.807, 2.05) is 7.05 Å². The lowest BCUT2D eigenvalue weighted by molar-refractivity contribution is -0.858. The number of nitrogens with zero attached hydrogens (tertiary/aromatic N) is 1. The monoisotopic (exact) mass is 280 g/mol. The highest BCUT2D eigenvalue weighted by molar-refractivity contribution is 7.80. The van der Waals surface area contributed by atoms with Gasteiger partial charge in [0.1, 0.15) is 0 Å². The number of thiocarbonyl (C=S) groups is 1. The van der Waals surface area contributed by atoms with E-state index < -0.39 is 0 Å². The van der Waals surface area contributed by atoms with Gasteiger partial charge in [0.2, 0.25) is 0 Å². The molecular formula is C15H26N3S+. The minimum absolute atomic E-state index is 0.828. The van der Waals surface area contributed by atoms with Crippen LogP contribution >= 0.6 is 12.2 Å². The zero-order valence-corrected chi connectivity index (χ0v) is 13.3. The van der Waals surface area contributed by atoms with Gasteiger partial charge in [-0.3, -0.25) is 0 Å². The van der Waals surface area contributed by atoms with Crippen LogP contribution in [-0.4, -0.2) is 44.2 Å². The minimum Gasteiger partial charge on any atom is -0.362 e. The van der Waals surface area contributed by atoms with Crippen LogP contribution in [0.15, 0.2) is 24.3 Å². The summed E-state index contributed by atoms with van der Waals surface area (Å²) < 4.78 is 0. The average Bonchev–Trinajstić information content (AvgIpc) is 2.36. The molecule has 0 saturated carbocycles.